The molecule has 0 fully saturated rings. The molecular weight excluding hydrogens is 216 g/mol. The molecule has 4 nitrogen and oxygen atoms in total. The molecule has 2 aromatic rings. The summed E-state index contributed by atoms with van der Waals surface area (Å²) in [6.45, 7) is 4.38. The number of hydrogen-bond donors (Lipinski definition) is 1. The Bertz CT molecular complexity index is 543. The van der Waals surface area contributed by atoms with E-state index in [0.29, 0.717) is 5.92 Å². The number of aryl methyl sites for hydroxylation is 1. The number of rotatable bonds is 4. The van der Waals surface area contributed by atoms with Gasteiger partial charge in [0.1, 0.15) is 0 Å². The van der Waals surface area contributed by atoms with Gasteiger partial charge in [0, 0.05) is 28.7 Å². The van der Waals surface area contributed by atoms with Crippen molar-refractivity contribution in [3.8, 4) is 0 Å². The molecule has 0 aliphatic heterocycles. The van der Waals surface area contributed by atoms with Crippen molar-refractivity contribution in [2.75, 3.05) is 0 Å². The van der Waals surface area contributed by atoms with Crippen LogP contribution in [0.1, 0.15) is 26.0 Å². The Morgan fingerprint density at radius 2 is 2.12 bits per heavy atom. The van der Waals surface area contributed by atoms with Crippen molar-refractivity contribution >= 4 is 16.6 Å². The van der Waals surface area contributed by atoms with Crippen molar-refractivity contribution in [2.24, 2.45) is 5.92 Å². The van der Waals surface area contributed by atoms with Gasteiger partial charge in [0.2, 0.25) is 0 Å². The summed E-state index contributed by atoms with van der Waals surface area (Å²) >= 11 is 0. The molecule has 1 N–H and O–H groups in total. The highest BCUT2D eigenvalue weighted by Gasteiger charge is 2.08. The smallest absolute Gasteiger partial charge is 0.270 e. The number of hydrogen-bond acceptors (Lipinski definition) is 2. The number of nitrogens with zero attached hydrogens (tertiary/aromatic N) is 1. The van der Waals surface area contributed by atoms with Crippen molar-refractivity contribution in [1.82, 2.24) is 4.98 Å². The first-order chi connectivity index (χ1) is 8.06. The summed E-state index contributed by atoms with van der Waals surface area (Å²) in [5, 5.41) is 11.6. The summed E-state index contributed by atoms with van der Waals surface area (Å²) in [6.07, 6.45) is 2.11. The van der Waals surface area contributed by atoms with Gasteiger partial charge >= 0.3 is 0 Å². The quantitative estimate of drug-likeness (QED) is 0.646. The summed E-state index contributed by atoms with van der Waals surface area (Å²) in [4.78, 5) is 13.6. The molecule has 0 atom stereocenters. The highest BCUT2D eigenvalue weighted by atomic mass is 16.6. The van der Waals surface area contributed by atoms with Crippen molar-refractivity contribution in [2.45, 2.75) is 26.7 Å². The minimum Gasteiger partial charge on any atom is -0.358 e. The second-order valence-electron chi connectivity index (χ2n) is 4.76. The van der Waals surface area contributed by atoms with E-state index in [1.54, 1.807) is 12.1 Å². The average molecular weight is 232 g/mol. The number of nitro benzene ring substituents is 1. The SMILES string of the molecule is CC(C)CCc1cc2cc([N+](=O)[O-])ccc2[nH]1. The predicted molar refractivity (Wildman–Crippen MR) is 68.1 cm³/mol. The van der Waals surface area contributed by atoms with Crippen molar-refractivity contribution in [3.05, 3.63) is 40.1 Å². The van der Waals surface area contributed by atoms with Gasteiger partial charge in [-0.1, -0.05) is 13.8 Å². The van der Waals surface area contributed by atoms with Crippen LogP contribution in [0.15, 0.2) is 24.3 Å². The molecule has 1 aromatic heterocycles. The molecule has 1 aromatic carbocycles. The fraction of sp³-hybridized carbons (Fsp3) is 0.385. The van der Waals surface area contributed by atoms with Gasteiger partial charge in [-0.15, -0.1) is 0 Å². The molecule has 4 heteroatoms. The van der Waals surface area contributed by atoms with Gasteiger partial charge in [0.15, 0.2) is 0 Å². The molecule has 0 aliphatic rings. The van der Waals surface area contributed by atoms with E-state index < -0.39 is 0 Å². The van der Waals surface area contributed by atoms with E-state index in [2.05, 4.69) is 18.8 Å². The van der Waals surface area contributed by atoms with Crippen molar-refractivity contribution in [3.63, 3.8) is 0 Å². The molecule has 0 saturated heterocycles. The number of nitro groups is 1. The lowest BCUT2D eigenvalue weighted by Gasteiger charge is -2.01. The third kappa shape index (κ3) is 2.64. The largest absolute Gasteiger partial charge is 0.358 e. The van der Waals surface area contributed by atoms with Gasteiger partial charge in [0.25, 0.3) is 5.69 Å². The third-order valence-corrected chi connectivity index (χ3v) is 2.86. The number of benzene rings is 1. The fourth-order valence-electron chi connectivity index (χ4n) is 1.87. The molecule has 0 radical (unpaired) electrons. The number of fused-ring (bicyclic) bond motifs is 1. The number of H-pyrrole nitrogens is 1. The Labute approximate surface area is 99.8 Å². The van der Waals surface area contributed by atoms with Crippen LogP contribution in [0.5, 0.6) is 0 Å². The average Bonchev–Trinajstić information content (AvgIpc) is 2.67. The maximum Gasteiger partial charge on any atom is 0.270 e. The molecule has 90 valence electrons. The Morgan fingerprint density at radius 3 is 2.76 bits per heavy atom. The summed E-state index contributed by atoms with van der Waals surface area (Å²) in [5.41, 5.74) is 2.26. The lowest BCUT2D eigenvalue weighted by molar-refractivity contribution is -0.384. The van der Waals surface area contributed by atoms with E-state index >= 15 is 0 Å². The van der Waals surface area contributed by atoms with Gasteiger partial charge < -0.3 is 4.98 Å². The van der Waals surface area contributed by atoms with E-state index in [1.165, 1.54) is 6.07 Å². The second-order valence-corrected chi connectivity index (χ2v) is 4.76. The minimum atomic E-state index is -0.361. The van der Waals surface area contributed by atoms with Crippen LogP contribution in [0.3, 0.4) is 0 Å². The van der Waals surface area contributed by atoms with Crippen LogP contribution >= 0.6 is 0 Å². The normalized spacial score (nSPS) is 11.2. The van der Waals surface area contributed by atoms with E-state index in [9.17, 15) is 10.1 Å². The predicted octanol–water partition coefficient (Wildman–Crippen LogP) is 3.66. The number of non-ortho nitro benzene ring substituents is 1. The first-order valence-electron chi connectivity index (χ1n) is 5.82. The first-order valence-corrected chi connectivity index (χ1v) is 5.82. The highest BCUT2D eigenvalue weighted by Crippen LogP contribution is 2.22. The Morgan fingerprint density at radius 1 is 1.35 bits per heavy atom. The second kappa shape index (κ2) is 4.57. The zero-order chi connectivity index (χ0) is 12.4. The minimum absolute atomic E-state index is 0.145. The van der Waals surface area contributed by atoms with E-state index in [1.807, 2.05) is 6.07 Å². The summed E-state index contributed by atoms with van der Waals surface area (Å²) < 4.78 is 0. The fourth-order valence-corrected chi connectivity index (χ4v) is 1.87. The maximum absolute atomic E-state index is 10.7. The Balaban J connectivity index is 2.27. The Hall–Kier alpha value is -1.84. The molecule has 2 rings (SSSR count). The molecule has 0 spiro atoms. The molecule has 1 heterocycles. The molecule has 0 amide bonds. The topological polar surface area (TPSA) is 58.9 Å². The van der Waals surface area contributed by atoms with Crippen LogP contribution in [-0.4, -0.2) is 9.91 Å². The molecule has 0 aliphatic carbocycles. The summed E-state index contributed by atoms with van der Waals surface area (Å²) in [6, 6.07) is 6.92. The van der Waals surface area contributed by atoms with Crippen LogP contribution in [0.25, 0.3) is 10.9 Å². The first kappa shape index (κ1) is 11.6. The third-order valence-electron chi connectivity index (χ3n) is 2.86. The van der Waals surface area contributed by atoms with E-state index in [-0.39, 0.29) is 10.6 Å². The zero-order valence-electron chi connectivity index (χ0n) is 10.1. The summed E-state index contributed by atoms with van der Waals surface area (Å²) in [7, 11) is 0. The van der Waals surface area contributed by atoms with Crippen molar-refractivity contribution in [1.29, 1.82) is 0 Å². The van der Waals surface area contributed by atoms with Crippen LogP contribution in [0.2, 0.25) is 0 Å². The molecule has 17 heavy (non-hydrogen) atoms. The van der Waals surface area contributed by atoms with Gasteiger partial charge in [0.05, 0.1) is 4.92 Å². The van der Waals surface area contributed by atoms with Crippen LogP contribution in [0, 0.1) is 16.0 Å². The van der Waals surface area contributed by atoms with Crippen LogP contribution < -0.4 is 0 Å². The monoisotopic (exact) mass is 232 g/mol. The Kier molecular flexibility index (Phi) is 3.13. The number of aromatic nitrogens is 1. The maximum atomic E-state index is 10.7. The van der Waals surface area contributed by atoms with E-state index in [0.717, 1.165) is 29.4 Å². The lowest BCUT2D eigenvalue weighted by Crippen LogP contribution is -1.91. The zero-order valence-corrected chi connectivity index (χ0v) is 10.1. The molecule has 0 unspecified atom stereocenters. The number of nitrogens with one attached hydrogen (secondary N) is 1. The standard InChI is InChI=1S/C13H16N2O2/c1-9(2)3-4-11-7-10-8-12(15(16)17)5-6-13(10)14-11/h5-9,14H,3-4H2,1-2H3. The van der Waals surface area contributed by atoms with Crippen LogP contribution in [-0.2, 0) is 6.42 Å². The lowest BCUT2D eigenvalue weighted by atomic mass is 10.1. The van der Waals surface area contributed by atoms with Gasteiger partial charge in [-0.25, -0.2) is 0 Å². The molecule has 0 bridgehead atoms. The number of aromatic amines is 1. The molecule has 0 saturated carbocycles. The summed E-state index contributed by atoms with van der Waals surface area (Å²) in [5.74, 6) is 0.663. The van der Waals surface area contributed by atoms with Gasteiger partial charge in [-0.05, 0) is 30.9 Å². The molecular formula is C13H16N2O2. The van der Waals surface area contributed by atoms with Gasteiger partial charge in [-0.3, -0.25) is 10.1 Å². The van der Waals surface area contributed by atoms with E-state index in [4.69, 9.17) is 0 Å². The van der Waals surface area contributed by atoms with Gasteiger partial charge in [-0.2, -0.15) is 0 Å². The highest BCUT2D eigenvalue weighted by molar-refractivity contribution is 5.82. The van der Waals surface area contributed by atoms with Crippen molar-refractivity contribution < 1.29 is 4.92 Å². The van der Waals surface area contributed by atoms with Crippen LogP contribution in [0.4, 0.5) is 5.69 Å².